The molecular formula is C9H13NO3S. The number of hydrogen-bond donors (Lipinski definition) is 2. The van der Waals surface area contributed by atoms with Gasteiger partial charge in [0.1, 0.15) is 0 Å². The van der Waals surface area contributed by atoms with Crippen LogP contribution in [-0.4, -0.2) is 13.6 Å². The predicted molar refractivity (Wildman–Crippen MR) is 52.8 cm³/mol. The van der Waals surface area contributed by atoms with Gasteiger partial charge in [-0.1, -0.05) is 11.0 Å². The zero-order valence-corrected chi connectivity index (χ0v) is 9.14. The monoisotopic (exact) mass is 215 g/mol. The van der Waals surface area contributed by atoms with E-state index in [1.807, 2.05) is 13.8 Å². The van der Waals surface area contributed by atoms with E-state index < -0.39 is 10.0 Å². The molecule has 0 atom stereocenters. The van der Waals surface area contributed by atoms with Gasteiger partial charge in [-0.05, 0) is 43.5 Å². The lowest BCUT2D eigenvalue weighted by atomic mass is 10.1. The third kappa shape index (κ3) is 1.79. The Hall–Kier alpha value is -0.910. The summed E-state index contributed by atoms with van der Waals surface area (Å²) in [6.07, 6.45) is 0. The number of sulfonamides is 1. The van der Waals surface area contributed by atoms with Gasteiger partial charge in [0.15, 0.2) is 0 Å². The van der Waals surface area contributed by atoms with Gasteiger partial charge < -0.3 is 5.21 Å². The Morgan fingerprint density at radius 3 is 2.21 bits per heavy atom. The van der Waals surface area contributed by atoms with E-state index in [1.54, 1.807) is 13.0 Å². The molecule has 1 aromatic carbocycles. The second kappa shape index (κ2) is 3.68. The molecule has 2 N–H and O–H groups in total. The zero-order chi connectivity index (χ0) is 10.9. The largest absolute Gasteiger partial charge is 0.302 e. The van der Waals surface area contributed by atoms with Crippen LogP contribution in [0.3, 0.4) is 0 Å². The second-order valence-electron chi connectivity index (χ2n) is 3.23. The first-order chi connectivity index (χ1) is 6.40. The van der Waals surface area contributed by atoms with Crippen molar-refractivity contribution < 1.29 is 13.6 Å². The highest BCUT2D eigenvalue weighted by molar-refractivity contribution is 7.89. The molecule has 0 radical (unpaired) electrons. The van der Waals surface area contributed by atoms with Crippen molar-refractivity contribution in [1.82, 2.24) is 4.89 Å². The van der Waals surface area contributed by atoms with Gasteiger partial charge in [-0.3, -0.25) is 0 Å². The molecule has 0 aromatic heterocycles. The molecule has 1 rings (SSSR count). The van der Waals surface area contributed by atoms with Crippen molar-refractivity contribution in [2.24, 2.45) is 0 Å². The van der Waals surface area contributed by atoms with E-state index in [0.29, 0.717) is 5.56 Å². The van der Waals surface area contributed by atoms with Gasteiger partial charge in [-0.15, -0.1) is 0 Å². The minimum Gasteiger partial charge on any atom is -0.302 e. The number of nitrogens with one attached hydrogen (secondary N) is 1. The minimum absolute atomic E-state index is 0.114. The van der Waals surface area contributed by atoms with Crippen molar-refractivity contribution in [2.45, 2.75) is 25.7 Å². The molecule has 0 fully saturated rings. The Balaban J connectivity index is 3.47. The molecule has 1 aromatic rings. The molecule has 4 nitrogen and oxygen atoms in total. The summed E-state index contributed by atoms with van der Waals surface area (Å²) in [7, 11) is -3.76. The molecule has 78 valence electrons. The third-order valence-corrected chi connectivity index (χ3v) is 3.68. The first kappa shape index (κ1) is 11.2. The van der Waals surface area contributed by atoms with Crippen LogP contribution in [0.15, 0.2) is 17.0 Å². The number of hydrogen-bond acceptors (Lipinski definition) is 3. The van der Waals surface area contributed by atoms with Gasteiger partial charge in [0.25, 0.3) is 10.0 Å². The molecule has 0 saturated heterocycles. The Kier molecular flexibility index (Phi) is 2.94. The molecule has 0 unspecified atom stereocenters. The van der Waals surface area contributed by atoms with Gasteiger partial charge >= 0.3 is 0 Å². The van der Waals surface area contributed by atoms with E-state index in [4.69, 9.17) is 5.21 Å². The Morgan fingerprint density at radius 2 is 1.71 bits per heavy atom. The fourth-order valence-corrected chi connectivity index (χ4v) is 2.17. The van der Waals surface area contributed by atoms with Gasteiger partial charge in [-0.25, -0.2) is 8.42 Å². The van der Waals surface area contributed by atoms with Crippen LogP contribution in [0.4, 0.5) is 0 Å². The molecule has 0 heterocycles. The number of aryl methyl sites for hydroxylation is 1. The van der Waals surface area contributed by atoms with Crippen molar-refractivity contribution in [3.8, 4) is 0 Å². The normalized spacial score (nSPS) is 11.7. The van der Waals surface area contributed by atoms with Crippen LogP contribution < -0.4 is 4.89 Å². The second-order valence-corrected chi connectivity index (χ2v) is 4.85. The predicted octanol–water partition coefficient (Wildman–Crippen LogP) is 1.28. The van der Waals surface area contributed by atoms with E-state index in [-0.39, 0.29) is 4.90 Å². The van der Waals surface area contributed by atoms with Crippen molar-refractivity contribution in [3.05, 3.63) is 28.8 Å². The van der Waals surface area contributed by atoms with Crippen LogP contribution in [0.25, 0.3) is 0 Å². The molecular weight excluding hydrogens is 202 g/mol. The van der Waals surface area contributed by atoms with Crippen LogP contribution in [0, 0.1) is 20.8 Å². The molecule has 0 saturated carbocycles. The van der Waals surface area contributed by atoms with Gasteiger partial charge in [-0.2, -0.15) is 0 Å². The van der Waals surface area contributed by atoms with Gasteiger partial charge in [0, 0.05) is 0 Å². The Bertz CT molecular complexity index is 451. The molecule has 0 bridgehead atoms. The van der Waals surface area contributed by atoms with E-state index in [0.717, 1.165) is 11.1 Å². The molecule has 0 aliphatic rings. The van der Waals surface area contributed by atoms with Crippen LogP contribution in [0.1, 0.15) is 16.7 Å². The summed E-state index contributed by atoms with van der Waals surface area (Å²) in [4.78, 5) is 1.43. The fourth-order valence-electron chi connectivity index (χ4n) is 1.27. The van der Waals surface area contributed by atoms with Crippen molar-refractivity contribution >= 4 is 10.0 Å². The first-order valence-electron chi connectivity index (χ1n) is 4.13. The van der Waals surface area contributed by atoms with Crippen molar-refractivity contribution in [3.63, 3.8) is 0 Å². The molecule has 5 heteroatoms. The SMILES string of the molecule is Cc1ccc(S(=O)(=O)NO)c(C)c1C. The van der Waals surface area contributed by atoms with Gasteiger partial charge in [0.2, 0.25) is 0 Å². The lowest BCUT2D eigenvalue weighted by molar-refractivity contribution is 0.242. The quantitative estimate of drug-likeness (QED) is 0.730. The Morgan fingerprint density at radius 1 is 1.14 bits per heavy atom. The average Bonchev–Trinajstić information content (AvgIpc) is 2.14. The molecule has 0 spiro atoms. The maximum Gasteiger partial charge on any atom is 0.262 e. The van der Waals surface area contributed by atoms with Crippen molar-refractivity contribution in [2.75, 3.05) is 0 Å². The number of benzene rings is 1. The highest BCUT2D eigenvalue weighted by Gasteiger charge is 2.16. The van der Waals surface area contributed by atoms with Crippen LogP contribution in [0.5, 0.6) is 0 Å². The zero-order valence-electron chi connectivity index (χ0n) is 8.33. The van der Waals surface area contributed by atoms with E-state index in [1.165, 1.54) is 11.0 Å². The van der Waals surface area contributed by atoms with Crippen LogP contribution >= 0.6 is 0 Å². The lowest BCUT2D eigenvalue weighted by Gasteiger charge is -2.10. The van der Waals surface area contributed by atoms with E-state index >= 15 is 0 Å². The van der Waals surface area contributed by atoms with Crippen LogP contribution in [0.2, 0.25) is 0 Å². The van der Waals surface area contributed by atoms with Crippen molar-refractivity contribution in [1.29, 1.82) is 0 Å². The summed E-state index contributed by atoms with van der Waals surface area (Å²) in [5, 5.41) is 8.49. The topological polar surface area (TPSA) is 66.4 Å². The summed E-state index contributed by atoms with van der Waals surface area (Å²) < 4.78 is 22.6. The summed E-state index contributed by atoms with van der Waals surface area (Å²) in [5.41, 5.74) is 2.60. The fraction of sp³-hybridized carbons (Fsp3) is 0.333. The van der Waals surface area contributed by atoms with E-state index in [9.17, 15) is 8.42 Å². The highest BCUT2D eigenvalue weighted by Crippen LogP contribution is 2.20. The average molecular weight is 215 g/mol. The first-order valence-corrected chi connectivity index (χ1v) is 5.61. The molecule has 14 heavy (non-hydrogen) atoms. The Labute approximate surface area is 83.6 Å². The third-order valence-electron chi connectivity index (χ3n) is 2.42. The van der Waals surface area contributed by atoms with Crippen LogP contribution in [-0.2, 0) is 10.0 Å². The number of rotatable bonds is 2. The molecule has 0 aliphatic carbocycles. The highest BCUT2D eigenvalue weighted by atomic mass is 32.2. The molecule has 0 amide bonds. The summed E-state index contributed by atoms with van der Waals surface area (Å²) in [6, 6.07) is 3.20. The summed E-state index contributed by atoms with van der Waals surface area (Å²) in [6.45, 7) is 5.47. The summed E-state index contributed by atoms with van der Waals surface area (Å²) in [5.74, 6) is 0. The molecule has 0 aliphatic heterocycles. The van der Waals surface area contributed by atoms with E-state index in [2.05, 4.69) is 0 Å². The maximum atomic E-state index is 11.3. The summed E-state index contributed by atoms with van der Waals surface area (Å²) >= 11 is 0. The smallest absolute Gasteiger partial charge is 0.262 e. The lowest BCUT2D eigenvalue weighted by Crippen LogP contribution is -2.20. The standard InChI is InChI=1S/C9H13NO3S/c1-6-4-5-9(8(3)7(6)2)14(12,13)10-11/h4-5,10-11H,1-3H3. The maximum absolute atomic E-state index is 11.3. The van der Waals surface area contributed by atoms with Gasteiger partial charge in [0.05, 0.1) is 4.90 Å². The minimum atomic E-state index is -3.76.